The first kappa shape index (κ1) is 13.8. The van der Waals surface area contributed by atoms with Crippen LogP contribution in [0, 0.1) is 11.3 Å². The number of rotatable bonds is 4. The molecule has 0 aliphatic heterocycles. The molecule has 2 aromatic rings. The Balaban J connectivity index is 2.00. The van der Waals surface area contributed by atoms with E-state index in [2.05, 4.69) is 4.98 Å². The van der Waals surface area contributed by atoms with Crippen molar-refractivity contribution in [1.29, 1.82) is 5.26 Å². The average Bonchev–Trinajstić information content (AvgIpc) is 2.53. The van der Waals surface area contributed by atoms with Gasteiger partial charge in [-0.2, -0.15) is 5.26 Å². The maximum atomic E-state index is 12.2. The number of benzene rings is 1. The molecule has 100 valence electrons. The van der Waals surface area contributed by atoms with Crippen LogP contribution in [0.4, 0.5) is 0 Å². The van der Waals surface area contributed by atoms with Crippen molar-refractivity contribution in [3.05, 3.63) is 65.5 Å². The van der Waals surface area contributed by atoms with Crippen LogP contribution >= 0.6 is 0 Å². The van der Waals surface area contributed by atoms with E-state index < -0.39 is 0 Å². The SMILES string of the molecule is CN(CCc1ccccc1)C(=O)c1cncc(C#N)c1. The summed E-state index contributed by atoms with van der Waals surface area (Å²) in [7, 11) is 1.75. The second-order valence-corrected chi connectivity index (χ2v) is 4.54. The average molecular weight is 265 g/mol. The Kier molecular flexibility index (Phi) is 4.46. The zero-order chi connectivity index (χ0) is 14.4. The molecule has 0 aliphatic rings. The predicted octanol–water partition coefficient (Wildman–Crippen LogP) is 2.27. The highest BCUT2D eigenvalue weighted by Crippen LogP contribution is 2.07. The molecule has 1 aromatic heterocycles. The summed E-state index contributed by atoms with van der Waals surface area (Å²) < 4.78 is 0. The quantitative estimate of drug-likeness (QED) is 0.852. The molecule has 0 spiro atoms. The summed E-state index contributed by atoms with van der Waals surface area (Å²) in [6, 6.07) is 13.6. The van der Waals surface area contributed by atoms with Gasteiger partial charge in [0.05, 0.1) is 11.1 Å². The van der Waals surface area contributed by atoms with Crippen LogP contribution in [0.15, 0.2) is 48.8 Å². The fourth-order valence-corrected chi connectivity index (χ4v) is 1.88. The lowest BCUT2D eigenvalue weighted by Gasteiger charge is -2.17. The molecule has 0 bridgehead atoms. The fraction of sp³-hybridized carbons (Fsp3) is 0.188. The maximum Gasteiger partial charge on any atom is 0.255 e. The highest BCUT2D eigenvalue weighted by Gasteiger charge is 2.12. The first-order chi connectivity index (χ1) is 9.70. The number of nitriles is 1. The van der Waals surface area contributed by atoms with Crippen molar-refractivity contribution in [1.82, 2.24) is 9.88 Å². The van der Waals surface area contributed by atoms with Gasteiger partial charge in [-0.05, 0) is 18.1 Å². The number of carbonyl (C=O) groups is 1. The first-order valence-corrected chi connectivity index (χ1v) is 6.35. The monoisotopic (exact) mass is 265 g/mol. The number of nitrogens with zero attached hydrogens (tertiary/aromatic N) is 3. The van der Waals surface area contributed by atoms with Gasteiger partial charge in [-0.15, -0.1) is 0 Å². The van der Waals surface area contributed by atoms with Gasteiger partial charge in [0.25, 0.3) is 5.91 Å². The molecule has 0 radical (unpaired) electrons. The van der Waals surface area contributed by atoms with Crippen molar-refractivity contribution in [2.45, 2.75) is 6.42 Å². The summed E-state index contributed by atoms with van der Waals surface area (Å²) >= 11 is 0. The van der Waals surface area contributed by atoms with Crippen LogP contribution < -0.4 is 0 Å². The third-order valence-corrected chi connectivity index (χ3v) is 3.04. The lowest BCUT2D eigenvalue weighted by atomic mass is 10.1. The molecular formula is C16H15N3O. The molecule has 1 heterocycles. The Morgan fingerprint density at radius 2 is 2.05 bits per heavy atom. The Hall–Kier alpha value is -2.67. The van der Waals surface area contributed by atoms with Crippen LogP contribution in [0.2, 0.25) is 0 Å². The molecule has 4 heteroatoms. The molecule has 1 aromatic carbocycles. The Bertz CT molecular complexity index is 632. The number of amides is 1. The van der Waals surface area contributed by atoms with Gasteiger partial charge in [-0.25, -0.2) is 0 Å². The highest BCUT2D eigenvalue weighted by atomic mass is 16.2. The van der Waals surface area contributed by atoms with E-state index in [1.54, 1.807) is 18.0 Å². The van der Waals surface area contributed by atoms with E-state index in [0.717, 1.165) is 6.42 Å². The van der Waals surface area contributed by atoms with Gasteiger partial charge in [0, 0.05) is 26.0 Å². The molecule has 0 saturated carbocycles. The van der Waals surface area contributed by atoms with Crippen molar-refractivity contribution in [2.75, 3.05) is 13.6 Å². The van der Waals surface area contributed by atoms with E-state index in [0.29, 0.717) is 17.7 Å². The van der Waals surface area contributed by atoms with E-state index in [9.17, 15) is 4.79 Å². The van der Waals surface area contributed by atoms with Crippen molar-refractivity contribution in [2.24, 2.45) is 0 Å². The molecule has 2 rings (SSSR count). The standard InChI is InChI=1S/C16H15N3O/c1-19(8-7-13-5-3-2-4-6-13)16(20)15-9-14(10-17)11-18-12-15/h2-6,9,11-12H,7-8H2,1H3. The smallest absolute Gasteiger partial charge is 0.255 e. The minimum Gasteiger partial charge on any atom is -0.341 e. The molecule has 1 amide bonds. The molecule has 20 heavy (non-hydrogen) atoms. The lowest BCUT2D eigenvalue weighted by molar-refractivity contribution is 0.0796. The van der Waals surface area contributed by atoms with Crippen LogP contribution in [0.3, 0.4) is 0 Å². The van der Waals surface area contributed by atoms with Gasteiger partial charge in [-0.1, -0.05) is 30.3 Å². The van der Waals surface area contributed by atoms with E-state index in [-0.39, 0.29) is 5.91 Å². The van der Waals surface area contributed by atoms with Gasteiger partial charge < -0.3 is 4.90 Å². The van der Waals surface area contributed by atoms with Crippen LogP contribution in [0.1, 0.15) is 21.5 Å². The molecule has 0 aliphatic carbocycles. The van der Waals surface area contributed by atoms with Crippen LogP contribution in [0.5, 0.6) is 0 Å². The number of hydrogen-bond donors (Lipinski definition) is 0. The third kappa shape index (κ3) is 3.42. The zero-order valence-corrected chi connectivity index (χ0v) is 11.3. The van der Waals surface area contributed by atoms with E-state index >= 15 is 0 Å². The Morgan fingerprint density at radius 1 is 1.30 bits per heavy atom. The summed E-state index contributed by atoms with van der Waals surface area (Å²) in [5, 5.41) is 8.82. The molecular weight excluding hydrogens is 250 g/mol. The normalized spacial score (nSPS) is 9.80. The van der Waals surface area contributed by atoms with Gasteiger partial charge >= 0.3 is 0 Å². The summed E-state index contributed by atoms with van der Waals surface area (Å²) in [6.45, 7) is 0.625. The van der Waals surface area contributed by atoms with E-state index in [1.165, 1.54) is 18.0 Å². The number of pyridine rings is 1. The minimum absolute atomic E-state index is 0.120. The number of likely N-dealkylation sites (N-methyl/N-ethyl adjacent to an activating group) is 1. The Labute approximate surface area is 118 Å². The summed E-state index contributed by atoms with van der Waals surface area (Å²) in [4.78, 5) is 17.8. The van der Waals surface area contributed by atoms with Gasteiger partial charge in [-0.3, -0.25) is 9.78 Å². The second-order valence-electron chi connectivity index (χ2n) is 4.54. The second kappa shape index (κ2) is 6.48. The number of aromatic nitrogens is 1. The third-order valence-electron chi connectivity index (χ3n) is 3.04. The molecule has 0 N–H and O–H groups in total. The number of hydrogen-bond acceptors (Lipinski definition) is 3. The summed E-state index contributed by atoms with van der Waals surface area (Å²) in [5.41, 5.74) is 2.03. The fourth-order valence-electron chi connectivity index (χ4n) is 1.88. The van der Waals surface area contributed by atoms with Crippen molar-refractivity contribution in [3.63, 3.8) is 0 Å². The van der Waals surface area contributed by atoms with Gasteiger partial charge in [0.2, 0.25) is 0 Å². The topological polar surface area (TPSA) is 57.0 Å². The van der Waals surface area contributed by atoms with Gasteiger partial charge in [0.1, 0.15) is 6.07 Å². The minimum atomic E-state index is -0.120. The highest BCUT2D eigenvalue weighted by molar-refractivity contribution is 5.94. The van der Waals surface area contributed by atoms with Crippen LogP contribution in [-0.4, -0.2) is 29.4 Å². The molecule has 0 fully saturated rings. The van der Waals surface area contributed by atoms with Crippen molar-refractivity contribution in [3.8, 4) is 6.07 Å². The van der Waals surface area contributed by atoms with Crippen molar-refractivity contribution < 1.29 is 4.79 Å². The van der Waals surface area contributed by atoms with Crippen LogP contribution in [0.25, 0.3) is 0 Å². The molecule has 0 unspecified atom stereocenters. The molecule has 0 saturated heterocycles. The maximum absolute atomic E-state index is 12.2. The van der Waals surface area contributed by atoms with E-state index in [1.807, 2.05) is 36.4 Å². The molecule has 4 nitrogen and oxygen atoms in total. The van der Waals surface area contributed by atoms with Crippen molar-refractivity contribution >= 4 is 5.91 Å². The Morgan fingerprint density at radius 3 is 2.75 bits per heavy atom. The zero-order valence-electron chi connectivity index (χ0n) is 11.3. The summed E-state index contributed by atoms with van der Waals surface area (Å²) in [6.07, 6.45) is 3.73. The largest absolute Gasteiger partial charge is 0.341 e. The lowest BCUT2D eigenvalue weighted by Crippen LogP contribution is -2.29. The number of carbonyl (C=O) groups excluding carboxylic acids is 1. The summed E-state index contributed by atoms with van der Waals surface area (Å²) in [5.74, 6) is -0.120. The molecule has 0 atom stereocenters. The first-order valence-electron chi connectivity index (χ1n) is 6.35. The van der Waals surface area contributed by atoms with Gasteiger partial charge in [0.15, 0.2) is 0 Å². The van der Waals surface area contributed by atoms with Crippen LogP contribution in [-0.2, 0) is 6.42 Å². The van der Waals surface area contributed by atoms with E-state index in [4.69, 9.17) is 5.26 Å². The predicted molar refractivity (Wildman–Crippen MR) is 76.1 cm³/mol.